The van der Waals surface area contributed by atoms with Gasteiger partial charge in [-0.1, -0.05) is 20.8 Å². The molecular weight excluding hydrogens is 284 g/mol. The molecule has 0 unspecified atom stereocenters. The molecule has 0 aliphatic heterocycles. The van der Waals surface area contributed by atoms with E-state index in [9.17, 15) is 8.42 Å². The Hall–Kier alpha value is -1.07. The highest BCUT2D eigenvalue weighted by Crippen LogP contribution is 2.35. The topological polar surface area (TPSA) is 63.4 Å². The van der Waals surface area contributed by atoms with Crippen molar-refractivity contribution in [1.82, 2.24) is 4.31 Å². The van der Waals surface area contributed by atoms with Gasteiger partial charge in [-0.25, -0.2) is 8.42 Å². The second kappa shape index (κ2) is 6.36. The zero-order chi connectivity index (χ0) is 15.6. The summed E-state index contributed by atoms with van der Waals surface area (Å²) < 4.78 is 27.8. The van der Waals surface area contributed by atoms with Crippen molar-refractivity contribution in [2.45, 2.75) is 63.8 Å². The van der Waals surface area contributed by atoms with E-state index in [2.05, 4.69) is 0 Å². The summed E-state index contributed by atoms with van der Waals surface area (Å²) >= 11 is 0. The van der Waals surface area contributed by atoms with Crippen LogP contribution in [0.3, 0.4) is 0 Å². The predicted molar refractivity (Wildman–Crippen MR) is 86.8 cm³/mol. The summed E-state index contributed by atoms with van der Waals surface area (Å²) in [5.41, 5.74) is 8.43. The van der Waals surface area contributed by atoms with Crippen molar-refractivity contribution < 1.29 is 8.42 Å². The first-order valence-corrected chi connectivity index (χ1v) is 9.32. The summed E-state index contributed by atoms with van der Waals surface area (Å²) in [5, 5.41) is 0. The number of nitrogens with two attached hydrogens (primary N) is 1. The van der Waals surface area contributed by atoms with Gasteiger partial charge in [0.1, 0.15) is 0 Å². The Balaban J connectivity index is 2.54. The Labute approximate surface area is 128 Å². The highest BCUT2D eigenvalue weighted by molar-refractivity contribution is 7.89. The Morgan fingerprint density at radius 2 is 1.86 bits per heavy atom. The van der Waals surface area contributed by atoms with E-state index in [-0.39, 0.29) is 6.04 Å². The van der Waals surface area contributed by atoms with E-state index in [1.165, 1.54) is 0 Å². The highest BCUT2D eigenvalue weighted by Gasteiger charge is 2.38. The van der Waals surface area contributed by atoms with Crippen LogP contribution in [-0.4, -0.2) is 25.3 Å². The third kappa shape index (κ3) is 3.24. The fourth-order valence-electron chi connectivity index (χ4n) is 2.75. The third-order valence-electron chi connectivity index (χ3n) is 4.05. The van der Waals surface area contributed by atoms with E-state index in [4.69, 9.17) is 5.73 Å². The quantitative estimate of drug-likeness (QED) is 0.788. The van der Waals surface area contributed by atoms with Gasteiger partial charge in [-0.3, -0.25) is 0 Å². The Morgan fingerprint density at radius 3 is 2.33 bits per heavy atom. The monoisotopic (exact) mass is 310 g/mol. The molecule has 118 valence electrons. The molecule has 0 radical (unpaired) electrons. The second-order valence-electron chi connectivity index (χ2n) is 5.72. The standard InChI is InChI=1S/C16H26N2O2S/c1-4-9-18(13-7-8-13)21(19,20)16-11-12(5-2)10-15(17)14(16)6-3/h10-11,13H,4-9,17H2,1-3H3. The van der Waals surface area contributed by atoms with Crippen LogP contribution in [-0.2, 0) is 22.9 Å². The summed E-state index contributed by atoms with van der Waals surface area (Å²) in [6.45, 7) is 6.58. The number of sulfonamides is 1. The fraction of sp³-hybridized carbons (Fsp3) is 0.625. The van der Waals surface area contributed by atoms with Crippen LogP contribution in [0.5, 0.6) is 0 Å². The van der Waals surface area contributed by atoms with Gasteiger partial charge in [-0.15, -0.1) is 0 Å². The lowest BCUT2D eigenvalue weighted by molar-refractivity contribution is 0.403. The van der Waals surface area contributed by atoms with Crippen molar-refractivity contribution >= 4 is 15.7 Å². The van der Waals surface area contributed by atoms with Crippen LogP contribution >= 0.6 is 0 Å². The van der Waals surface area contributed by atoms with Crippen LogP contribution in [0.25, 0.3) is 0 Å². The van der Waals surface area contributed by atoms with Crippen LogP contribution in [0.4, 0.5) is 5.69 Å². The molecule has 1 aromatic rings. The normalized spacial score (nSPS) is 15.6. The maximum Gasteiger partial charge on any atom is 0.243 e. The first-order chi connectivity index (χ1) is 9.95. The van der Waals surface area contributed by atoms with Crippen LogP contribution in [0.15, 0.2) is 17.0 Å². The maximum absolute atomic E-state index is 13.1. The molecule has 5 heteroatoms. The highest BCUT2D eigenvalue weighted by atomic mass is 32.2. The third-order valence-corrected chi connectivity index (χ3v) is 6.07. The van der Waals surface area contributed by atoms with Crippen molar-refractivity contribution in [1.29, 1.82) is 0 Å². The van der Waals surface area contributed by atoms with Gasteiger partial charge >= 0.3 is 0 Å². The minimum atomic E-state index is -3.44. The summed E-state index contributed by atoms with van der Waals surface area (Å²) in [5.74, 6) is 0. The minimum absolute atomic E-state index is 0.186. The summed E-state index contributed by atoms with van der Waals surface area (Å²) in [7, 11) is -3.44. The molecule has 0 bridgehead atoms. The van der Waals surface area contributed by atoms with Gasteiger partial charge in [0, 0.05) is 18.3 Å². The molecule has 21 heavy (non-hydrogen) atoms. The molecule has 0 saturated heterocycles. The SMILES string of the molecule is CCCN(C1CC1)S(=O)(=O)c1cc(CC)cc(N)c1CC. The van der Waals surface area contributed by atoms with E-state index in [0.29, 0.717) is 23.5 Å². The molecule has 4 nitrogen and oxygen atoms in total. The average molecular weight is 310 g/mol. The van der Waals surface area contributed by atoms with Crippen molar-refractivity contribution in [3.8, 4) is 0 Å². The number of anilines is 1. The fourth-order valence-corrected chi connectivity index (χ4v) is 4.90. The molecule has 2 N–H and O–H groups in total. The Morgan fingerprint density at radius 1 is 1.19 bits per heavy atom. The predicted octanol–water partition coefficient (Wildman–Crippen LogP) is 2.96. The molecule has 1 aliphatic carbocycles. The summed E-state index contributed by atoms with van der Waals surface area (Å²) in [4.78, 5) is 0.419. The molecule has 1 aliphatic rings. The molecule has 0 heterocycles. The van der Waals surface area contributed by atoms with Crippen LogP contribution in [0, 0.1) is 0 Å². The van der Waals surface area contributed by atoms with Gasteiger partial charge in [-0.05, 0) is 55.4 Å². The number of nitrogens with zero attached hydrogens (tertiary/aromatic N) is 1. The van der Waals surface area contributed by atoms with Gasteiger partial charge in [0.15, 0.2) is 0 Å². The van der Waals surface area contributed by atoms with Gasteiger partial charge in [0.05, 0.1) is 4.90 Å². The maximum atomic E-state index is 13.1. The van der Waals surface area contributed by atoms with Crippen molar-refractivity contribution in [2.24, 2.45) is 0 Å². The molecule has 1 fully saturated rings. The average Bonchev–Trinajstić information content (AvgIpc) is 3.27. The van der Waals surface area contributed by atoms with Gasteiger partial charge in [0.25, 0.3) is 0 Å². The molecule has 0 spiro atoms. The lowest BCUT2D eigenvalue weighted by atomic mass is 10.1. The van der Waals surface area contributed by atoms with Crippen molar-refractivity contribution in [2.75, 3.05) is 12.3 Å². The second-order valence-corrected chi connectivity index (χ2v) is 7.57. The van der Waals surface area contributed by atoms with Crippen LogP contribution in [0.2, 0.25) is 0 Å². The van der Waals surface area contributed by atoms with E-state index >= 15 is 0 Å². The lowest BCUT2D eigenvalue weighted by Crippen LogP contribution is -2.34. The molecule has 0 amide bonds. The zero-order valence-electron chi connectivity index (χ0n) is 13.2. The largest absolute Gasteiger partial charge is 0.398 e. The van der Waals surface area contributed by atoms with E-state index in [1.807, 2.05) is 32.9 Å². The number of aryl methyl sites for hydroxylation is 1. The van der Waals surface area contributed by atoms with E-state index in [1.54, 1.807) is 4.31 Å². The van der Waals surface area contributed by atoms with Crippen molar-refractivity contribution in [3.63, 3.8) is 0 Å². The lowest BCUT2D eigenvalue weighted by Gasteiger charge is -2.24. The molecule has 1 aromatic carbocycles. The van der Waals surface area contributed by atoms with Gasteiger partial charge in [0.2, 0.25) is 10.0 Å². The Kier molecular flexibility index (Phi) is 4.94. The number of rotatable bonds is 7. The zero-order valence-corrected chi connectivity index (χ0v) is 14.0. The van der Waals surface area contributed by atoms with Crippen LogP contribution in [0.1, 0.15) is 51.2 Å². The first kappa shape index (κ1) is 16.3. The van der Waals surface area contributed by atoms with Crippen molar-refractivity contribution in [3.05, 3.63) is 23.3 Å². The summed E-state index contributed by atoms with van der Waals surface area (Å²) in [6, 6.07) is 3.90. The van der Waals surface area contributed by atoms with Crippen LogP contribution < -0.4 is 5.73 Å². The smallest absolute Gasteiger partial charge is 0.243 e. The molecule has 0 aromatic heterocycles. The molecule has 2 rings (SSSR count). The summed E-state index contributed by atoms with van der Waals surface area (Å²) in [6.07, 6.45) is 4.20. The number of hydrogen-bond donors (Lipinski definition) is 1. The van der Waals surface area contributed by atoms with Gasteiger partial charge < -0.3 is 5.73 Å². The number of hydrogen-bond acceptors (Lipinski definition) is 3. The number of benzene rings is 1. The number of nitrogen functional groups attached to an aromatic ring is 1. The Bertz CT molecular complexity index is 607. The first-order valence-electron chi connectivity index (χ1n) is 7.88. The molecule has 1 saturated carbocycles. The molecular formula is C16H26N2O2S. The molecule has 0 atom stereocenters. The van der Waals surface area contributed by atoms with E-state index < -0.39 is 10.0 Å². The minimum Gasteiger partial charge on any atom is -0.398 e. The van der Waals surface area contributed by atoms with E-state index in [0.717, 1.165) is 36.8 Å². The van der Waals surface area contributed by atoms with Gasteiger partial charge in [-0.2, -0.15) is 4.31 Å².